The molecule has 2 aliphatic rings. The number of fused-ring (bicyclic) bond motifs is 2. The van der Waals surface area contributed by atoms with Crippen LogP contribution in [-0.2, 0) is 31.0 Å². The second kappa shape index (κ2) is 18.7. The molecule has 0 fully saturated rings. The average Bonchev–Trinajstić information content (AvgIpc) is 3.68. The molecule has 2 aliphatic heterocycles. The quantitative estimate of drug-likeness (QED) is 0.0260. The summed E-state index contributed by atoms with van der Waals surface area (Å²) in [5.41, 5.74) is 5.78. The van der Waals surface area contributed by atoms with Crippen LogP contribution in [0, 0.1) is 3.70 Å². The summed E-state index contributed by atoms with van der Waals surface area (Å²) < 4.78 is 8.63. The van der Waals surface area contributed by atoms with Gasteiger partial charge in [0.15, 0.2) is 0 Å². The Morgan fingerprint density at radius 2 is 1.00 bits per heavy atom. The minimum absolute atomic E-state index is 0.122. The van der Waals surface area contributed by atoms with Gasteiger partial charge in [0.25, 0.3) is 23.6 Å². The van der Waals surface area contributed by atoms with Gasteiger partial charge in [0.2, 0.25) is 0 Å². The van der Waals surface area contributed by atoms with Gasteiger partial charge in [-0.2, -0.15) is 0 Å². The molecule has 0 atom stereocenters. The Labute approximate surface area is 397 Å². The van der Waals surface area contributed by atoms with Crippen molar-refractivity contribution in [3.63, 3.8) is 0 Å². The number of hydrogen-bond donors (Lipinski definition) is 0. The Hall–Kier alpha value is -6.05. The largest absolute Gasteiger partial charge is 0.370 e. The maximum atomic E-state index is 14.6. The number of amides is 4. The Bertz CT molecular complexity index is 3030. The number of hydrogen-bond acceptors (Lipinski definition) is 7. The van der Waals surface area contributed by atoms with E-state index in [9.17, 15) is 19.2 Å². The number of unbranched alkanes of at least 4 members (excludes halogenated alkanes) is 6. The molecule has 66 heavy (non-hydrogen) atoms. The number of carbonyl (C=O) groups is 4. The van der Waals surface area contributed by atoms with E-state index < -0.39 is 0 Å². The molecule has 0 radical (unpaired) electrons. The van der Waals surface area contributed by atoms with Crippen LogP contribution in [0.4, 0.5) is 0 Å². The summed E-state index contributed by atoms with van der Waals surface area (Å²) in [6.07, 6.45) is 10.3. The third-order valence-electron chi connectivity index (χ3n) is 13.7. The number of benzene rings is 7. The van der Waals surface area contributed by atoms with E-state index in [1.807, 2.05) is 108 Å². The van der Waals surface area contributed by atoms with Gasteiger partial charge in [-0.25, -0.2) is 4.68 Å². The van der Waals surface area contributed by atoms with Gasteiger partial charge < -0.3 is 4.74 Å². The van der Waals surface area contributed by atoms with E-state index in [0.717, 1.165) is 123 Å². The molecule has 7 aromatic carbocycles. The first-order chi connectivity index (χ1) is 32.3. The first kappa shape index (κ1) is 43.8. The average molecular weight is 990 g/mol. The number of imide groups is 2. The fraction of sp³-hybridized carbons (Fsp3) is 0.309. The molecular formula is C55H52IN5O5. The highest BCUT2D eigenvalue weighted by Crippen LogP contribution is 2.47. The number of rotatable bonds is 19. The zero-order valence-electron chi connectivity index (χ0n) is 37.4. The number of nitrogens with zero attached hydrogens (tertiary/aromatic N) is 5. The lowest BCUT2D eigenvalue weighted by Crippen LogP contribution is -2.47. The molecule has 10 nitrogen and oxygen atoms in total. The summed E-state index contributed by atoms with van der Waals surface area (Å²) >= 11 is 2.25. The van der Waals surface area contributed by atoms with Crippen molar-refractivity contribution in [1.29, 1.82) is 0 Å². The SMILES string of the molecule is CCCCCCC(CCCCCC)N1C(=O)c2ccc3c4ccc5c6c(ccc(c7ccc(c2c37)C1=O)c64)C(=O)N(Cc1ccc(Cn2nnc(COCc3ccccc3)c2I)cc1)C5=O. The number of ether oxygens (including phenoxy) is 1. The normalized spacial score (nSPS) is 13.9. The molecule has 3 heterocycles. The minimum Gasteiger partial charge on any atom is -0.370 e. The number of halogens is 1. The fourth-order valence-corrected chi connectivity index (χ4v) is 10.8. The second-order valence-corrected chi connectivity index (χ2v) is 19.0. The molecule has 0 spiro atoms. The van der Waals surface area contributed by atoms with Crippen molar-refractivity contribution < 1.29 is 23.9 Å². The van der Waals surface area contributed by atoms with Gasteiger partial charge in [0.05, 0.1) is 26.3 Å². The molecule has 10 rings (SSSR count). The van der Waals surface area contributed by atoms with Gasteiger partial charge in [-0.1, -0.05) is 149 Å². The van der Waals surface area contributed by atoms with Gasteiger partial charge in [-0.3, -0.25) is 29.0 Å². The number of aromatic nitrogens is 3. The molecule has 8 aromatic rings. The topological polar surface area (TPSA) is 115 Å². The van der Waals surface area contributed by atoms with E-state index in [1.165, 1.54) is 4.90 Å². The smallest absolute Gasteiger partial charge is 0.261 e. The van der Waals surface area contributed by atoms with Crippen LogP contribution in [0.15, 0.2) is 103 Å². The Kier molecular flexibility index (Phi) is 12.4. The van der Waals surface area contributed by atoms with Crippen molar-refractivity contribution in [2.45, 2.75) is 110 Å². The third kappa shape index (κ3) is 7.83. The first-order valence-electron chi connectivity index (χ1n) is 23.5. The monoisotopic (exact) mass is 989 g/mol. The van der Waals surface area contributed by atoms with E-state index in [-0.39, 0.29) is 36.2 Å². The van der Waals surface area contributed by atoms with Crippen LogP contribution < -0.4 is 0 Å². The van der Waals surface area contributed by atoms with E-state index in [1.54, 1.807) is 4.90 Å². The maximum Gasteiger partial charge on any atom is 0.261 e. The fourth-order valence-electron chi connectivity index (χ4n) is 10.3. The van der Waals surface area contributed by atoms with Crippen LogP contribution >= 0.6 is 22.6 Å². The van der Waals surface area contributed by atoms with Crippen molar-refractivity contribution in [3.8, 4) is 0 Å². The van der Waals surface area contributed by atoms with Gasteiger partial charge in [-0.05, 0) is 109 Å². The predicted molar refractivity (Wildman–Crippen MR) is 267 cm³/mol. The van der Waals surface area contributed by atoms with Crippen LogP contribution in [0.2, 0.25) is 0 Å². The Morgan fingerprint density at radius 3 is 1.50 bits per heavy atom. The molecule has 0 saturated carbocycles. The summed E-state index contributed by atoms with van der Waals surface area (Å²) in [6.45, 7) is 5.87. The van der Waals surface area contributed by atoms with Gasteiger partial charge >= 0.3 is 0 Å². The van der Waals surface area contributed by atoms with Gasteiger partial charge in [0.1, 0.15) is 9.39 Å². The molecule has 334 valence electrons. The van der Waals surface area contributed by atoms with Crippen LogP contribution in [0.5, 0.6) is 0 Å². The Balaban J connectivity index is 0.908. The van der Waals surface area contributed by atoms with Crippen molar-refractivity contribution >= 4 is 89.3 Å². The molecule has 0 unspecified atom stereocenters. The highest BCUT2D eigenvalue weighted by molar-refractivity contribution is 14.1. The van der Waals surface area contributed by atoms with E-state index in [4.69, 9.17) is 4.74 Å². The first-order valence-corrected chi connectivity index (χ1v) is 24.6. The van der Waals surface area contributed by atoms with Crippen molar-refractivity contribution in [2.75, 3.05) is 0 Å². The highest BCUT2D eigenvalue weighted by Gasteiger charge is 2.39. The van der Waals surface area contributed by atoms with E-state index >= 15 is 0 Å². The second-order valence-electron chi connectivity index (χ2n) is 18.0. The lowest BCUT2D eigenvalue weighted by Gasteiger charge is -2.35. The number of carbonyl (C=O) groups excluding carboxylic acids is 4. The standard InChI is InChI=1S/C55H52IN5O5/c1-3-5-7-12-16-37(17-13-8-6-4-2)61-54(64)44-28-24-40-38-22-26-42-49-43(27-23-39(47(38)49)41-25-29-45(55(61)65)50(44)48(40)41)53(63)59(52(42)62)30-34-18-20-35(21-19-34)31-60-51(56)46(57-58-60)33-66-32-36-14-10-9-11-15-36/h9-11,14-15,18-29,37H,3-8,12-13,16-17,30-33H2,1-2H3. The summed E-state index contributed by atoms with van der Waals surface area (Å²) in [4.78, 5) is 60.8. The summed E-state index contributed by atoms with van der Waals surface area (Å²) in [5.74, 6) is -1.11. The van der Waals surface area contributed by atoms with Crippen LogP contribution in [-0.4, -0.2) is 54.5 Å². The minimum atomic E-state index is -0.342. The van der Waals surface area contributed by atoms with Crippen LogP contribution in [0.25, 0.3) is 43.1 Å². The zero-order valence-corrected chi connectivity index (χ0v) is 39.6. The van der Waals surface area contributed by atoms with Crippen molar-refractivity contribution in [1.82, 2.24) is 24.8 Å². The van der Waals surface area contributed by atoms with Gasteiger partial charge in [-0.15, -0.1) is 5.10 Å². The van der Waals surface area contributed by atoms with Crippen LogP contribution in [0.3, 0.4) is 0 Å². The molecule has 0 N–H and O–H groups in total. The zero-order chi connectivity index (χ0) is 45.5. The Morgan fingerprint density at radius 1 is 0.515 bits per heavy atom. The molecule has 11 heteroatoms. The molecule has 1 aromatic heterocycles. The molecular weight excluding hydrogens is 938 g/mol. The highest BCUT2D eigenvalue weighted by atomic mass is 127. The molecule has 0 bridgehead atoms. The van der Waals surface area contributed by atoms with Crippen molar-refractivity contribution in [3.05, 3.63) is 151 Å². The lowest BCUT2D eigenvalue weighted by molar-refractivity contribution is 0.0514. The van der Waals surface area contributed by atoms with E-state index in [0.29, 0.717) is 52.8 Å². The summed E-state index contributed by atoms with van der Waals surface area (Å²) in [6, 6.07) is 33.1. The third-order valence-corrected chi connectivity index (χ3v) is 14.9. The maximum absolute atomic E-state index is 14.6. The van der Waals surface area contributed by atoms with Crippen LogP contribution in [0.1, 0.15) is 142 Å². The molecule has 0 aliphatic carbocycles. The van der Waals surface area contributed by atoms with Crippen molar-refractivity contribution in [2.24, 2.45) is 0 Å². The predicted octanol–water partition coefficient (Wildman–Crippen LogP) is 12.4. The van der Waals surface area contributed by atoms with Gasteiger partial charge in [0, 0.05) is 39.1 Å². The molecule has 4 amide bonds. The lowest BCUT2D eigenvalue weighted by atomic mass is 9.82. The summed E-state index contributed by atoms with van der Waals surface area (Å²) in [5, 5.41) is 15.3. The summed E-state index contributed by atoms with van der Waals surface area (Å²) in [7, 11) is 0. The molecule has 0 saturated heterocycles. The van der Waals surface area contributed by atoms with E-state index in [2.05, 4.69) is 46.8 Å².